The summed E-state index contributed by atoms with van der Waals surface area (Å²) < 4.78 is 12.8. The first-order valence-electron chi connectivity index (χ1n) is 8.87. The van der Waals surface area contributed by atoms with Crippen LogP contribution in [0.3, 0.4) is 0 Å². The highest BCUT2D eigenvalue weighted by Gasteiger charge is 2.17. The molecule has 28 heavy (non-hydrogen) atoms. The number of phenols is 1. The van der Waals surface area contributed by atoms with Crippen LogP contribution in [0, 0.1) is 6.92 Å². The van der Waals surface area contributed by atoms with Gasteiger partial charge in [-0.2, -0.15) is 0 Å². The molecule has 2 N–H and O–H groups in total. The number of aromatic hydroxyl groups is 1. The number of imidazole rings is 1. The highest BCUT2D eigenvalue weighted by molar-refractivity contribution is 5.82. The lowest BCUT2D eigenvalue weighted by atomic mass is 10.1. The van der Waals surface area contributed by atoms with Crippen LogP contribution in [0.25, 0.3) is 16.9 Å². The number of aromatic nitrogens is 2. The normalized spacial score (nSPS) is 10.8. The molecule has 0 aliphatic carbocycles. The number of para-hydroxylation sites is 2. The summed E-state index contributed by atoms with van der Waals surface area (Å²) in [5.74, 6) is 2.02. The Morgan fingerprint density at radius 1 is 0.964 bits per heavy atom. The van der Waals surface area contributed by atoms with Crippen LogP contribution in [0.15, 0.2) is 60.8 Å². The van der Waals surface area contributed by atoms with Gasteiger partial charge in [-0.3, -0.25) is 4.40 Å². The fourth-order valence-corrected chi connectivity index (χ4v) is 3.17. The Balaban J connectivity index is 1.93. The molecule has 2 aromatic carbocycles. The molecule has 4 aromatic rings. The Kier molecular flexibility index (Phi) is 4.53. The number of benzene rings is 2. The van der Waals surface area contributed by atoms with Gasteiger partial charge in [0.2, 0.25) is 0 Å². The maximum atomic E-state index is 9.95. The lowest BCUT2D eigenvalue weighted by Crippen LogP contribution is -1.99. The van der Waals surface area contributed by atoms with Crippen molar-refractivity contribution in [1.29, 1.82) is 0 Å². The van der Waals surface area contributed by atoms with Crippen molar-refractivity contribution in [1.82, 2.24) is 9.38 Å². The Labute approximate surface area is 163 Å². The van der Waals surface area contributed by atoms with E-state index in [0.29, 0.717) is 5.75 Å². The minimum absolute atomic E-state index is 0.0881. The number of nitrogens with one attached hydrogen (secondary N) is 1. The van der Waals surface area contributed by atoms with Gasteiger partial charge in [-0.05, 0) is 48.9 Å². The summed E-state index contributed by atoms with van der Waals surface area (Å²) in [4.78, 5) is 4.80. The Morgan fingerprint density at radius 2 is 1.75 bits per heavy atom. The van der Waals surface area contributed by atoms with Crippen molar-refractivity contribution in [3.8, 4) is 28.5 Å². The summed E-state index contributed by atoms with van der Waals surface area (Å²) >= 11 is 0. The van der Waals surface area contributed by atoms with E-state index in [9.17, 15) is 5.11 Å². The summed E-state index contributed by atoms with van der Waals surface area (Å²) in [6, 6.07) is 16.9. The van der Waals surface area contributed by atoms with E-state index in [0.717, 1.165) is 39.7 Å². The quantitative estimate of drug-likeness (QED) is 0.526. The van der Waals surface area contributed by atoms with Crippen LogP contribution in [0.5, 0.6) is 17.2 Å². The minimum Gasteiger partial charge on any atom is -0.504 e. The number of nitrogens with zero attached hydrogens (tertiary/aromatic N) is 2. The molecular weight excluding hydrogens is 354 g/mol. The van der Waals surface area contributed by atoms with Gasteiger partial charge in [0.1, 0.15) is 22.9 Å². The second-order valence-corrected chi connectivity index (χ2v) is 6.46. The first-order chi connectivity index (χ1) is 13.6. The molecule has 0 amide bonds. The van der Waals surface area contributed by atoms with E-state index in [1.807, 2.05) is 60.0 Å². The van der Waals surface area contributed by atoms with E-state index >= 15 is 0 Å². The van der Waals surface area contributed by atoms with Crippen molar-refractivity contribution < 1.29 is 14.6 Å². The molecule has 0 fully saturated rings. The molecule has 2 heterocycles. The molecule has 6 heteroatoms. The maximum Gasteiger partial charge on any atom is 0.161 e. The number of ether oxygens (including phenoxy) is 2. The van der Waals surface area contributed by atoms with Crippen LogP contribution < -0.4 is 14.8 Å². The molecule has 0 aliphatic rings. The van der Waals surface area contributed by atoms with Crippen LogP contribution in [0.1, 0.15) is 5.56 Å². The molecule has 142 valence electrons. The minimum atomic E-state index is 0.0881. The van der Waals surface area contributed by atoms with Crippen LogP contribution in [-0.4, -0.2) is 28.7 Å². The fourth-order valence-electron chi connectivity index (χ4n) is 3.17. The smallest absolute Gasteiger partial charge is 0.161 e. The van der Waals surface area contributed by atoms with E-state index in [4.69, 9.17) is 14.5 Å². The van der Waals surface area contributed by atoms with E-state index < -0.39 is 0 Å². The van der Waals surface area contributed by atoms with E-state index in [-0.39, 0.29) is 5.75 Å². The molecule has 0 radical (unpaired) electrons. The van der Waals surface area contributed by atoms with Gasteiger partial charge in [-0.25, -0.2) is 4.98 Å². The molecule has 0 spiro atoms. The number of hydrogen-bond donors (Lipinski definition) is 2. The van der Waals surface area contributed by atoms with Gasteiger partial charge in [0.15, 0.2) is 11.5 Å². The van der Waals surface area contributed by atoms with E-state index in [2.05, 4.69) is 5.32 Å². The van der Waals surface area contributed by atoms with Gasteiger partial charge < -0.3 is 19.9 Å². The predicted molar refractivity (Wildman–Crippen MR) is 110 cm³/mol. The average molecular weight is 375 g/mol. The topological polar surface area (TPSA) is 68.0 Å². The molecule has 4 rings (SSSR count). The third kappa shape index (κ3) is 3.09. The molecule has 0 aliphatic heterocycles. The van der Waals surface area contributed by atoms with E-state index in [1.54, 1.807) is 19.2 Å². The van der Waals surface area contributed by atoms with Gasteiger partial charge in [0, 0.05) is 11.8 Å². The summed E-state index contributed by atoms with van der Waals surface area (Å²) in [7, 11) is 3.17. The number of pyridine rings is 1. The Morgan fingerprint density at radius 3 is 2.54 bits per heavy atom. The van der Waals surface area contributed by atoms with Crippen LogP contribution in [-0.2, 0) is 0 Å². The number of rotatable bonds is 5. The van der Waals surface area contributed by atoms with Crippen molar-refractivity contribution in [2.75, 3.05) is 19.5 Å². The van der Waals surface area contributed by atoms with Crippen molar-refractivity contribution in [3.63, 3.8) is 0 Å². The van der Waals surface area contributed by atoms with Crippen molar-refractivity contribution in [2.45, 2.75) is 6.92 Å². The molecule has 0 saturated carbocycles. The summed E-state index contributed by atoms with van der Waals surface area (Å²) in [6.07, 6.45) is 2.03. The number of methoxy groups -OCH3 is 2. The highest BCUT2D eigenvalue weighted by atomic mass is 16.5. The van der Waals surface area contributed by atoms with Gasteiger partial charge in [-0.15, -0.1) is 0 Å². The fraction of sp³-hybridized carbons (Fsp3) is 0.136. The molecular formula is C22H21N3O3. The van der Waals surface area contributed by atoms with Crippen molar-refractivity contribution in [3.05, 3.63) is 66.4 Å². The first kappa shape index (κ1) is 17.7. The Hall–Kier alpha value is -3.67. The lowest BCUT2D eigenvalue weighted by molar-refractivity contribution is 0.373. The van der Waals surface area contributed by atoms with Gasteiger partial charge in [-0.1, -0.05) is 18.2 Å². The third-order valence-electron chi connectivity index (χ3n) is 4.58. The van der Waals surface area contributed by atoms with Crippen molar-refractivity contribution >= 4 is 17.2 Å². The molecule has 0 saturated heterocycles. The van der Waals surface area contributed by atoms with Gasteiger partial charge in [0.05, 0.1) is 19.9 Å². The second kappa shape index (κ2) is 7.15. The number of fused-ring (bicyclic) bond motifs is 1. The largest absolute Gasteiger partial charge is 0.504 e. The predicted octanol–water partition coefficient (Wildman–Crippen LogP) is 4.78. The highest BCUT2D eigenvalue weighted by Crippen LogP contribution is 2.37. The molecule has 2 aromatic heterocycles. The maximum absolute atomic E-state index is 9.95. The van der Waals surface area contributed by atoms with Crippen LogP contribution >= 0.6 is 0 Å². The van der Waals surface area contributed by atoms with Gasteiger partial charge in [0.25, 0.3) is 0 Å². The summed E-state index contributed by atoms with van der Waals surface area (Å²) in [5.41, 5.74) is 4.33. The van der Waals surface area contributed by atoms with Crippen LogP contribution in [0.2, 0.25) is 0 Å². The zero-order valence-electron chi connectivity index (χ0n) is 15.9. The molecule has 6 nitrogen and oxygen atoms in total. The number of hydrogen-bond acceptors (Lipinski definition) is 5. The van der Waals surface area contributed by atoms with E-state index in [1.165, 1.54) is 7.11 Å². The zero-order valence-corrected chi connectivity index (χ0v) is 15.9. The van der Waals surface area contributed by atoms with Gasteiger partial charge >= 0.3 is 0 Å². The third-order valence-corrected chi connectivity index (χ3v) is 4.58. The molecule has 0 unspecified atom stereocenters. The number of aryl methyl sites for hydroxylation is 1. The Bertz CT molecular complexity index is 1150. The SMILES string of the molecule is COc1cc(-c2nc3ccc(C)cn3c2Nc2ccccc2OC)ccc1O. The summed E-state index contributed by atoms with van der Waals surface area (Å²) in [6.45, 7) is 2.04. The monoisotopic (exact) mass is 375 g/mol. The second-order valence-electron chi connectivity index (χ2n) is 6.46. The first-order valence-corrected chi connectivity index (χ1v) is 8.87. The molecule has 0 bridgehead atoms. The number of anilines is 2. The molecule has 0 atom stereocenters. The van der Waals surface area contributed by atoms with Crippen LogP contribution in [0.4, 0.5) is 11.5 Å². The van der Waals surface area contributed by atoms with Crippen molar-refractivity contribution in [2.24, 2.45) is 0 Å². The average Bonchev–Trinajstić information content (AvgIpc) is 3.06. The number of phenolic OH excluding ortho intramolecular Hbond substituents is 1. The zero-order chi connectivity index (χ0) is 19.7. The summed E-state index contributed by atoms with van der Waals surface area (Å²) in [5, 5.41) is 13.4. The standard InChI is InChI=1S/C22H21N3O3/c1-14-8-11-20-24-21(15-9-10-17(26)19(12-15)28-3)22(25(20)13-14)23-16-6-4-5-7-18(16)27-2/h4-13,23,26H,1-3H3. The lowest BCUT2D eigenvalue weighted by Gasteiger charge is -2.13.